The van der Waals surface area contributed by atoms with Crippen molar-refractivity contribution in [1.29, 1.82) is 0 Å². The molecule has 0 fully saturated rings. The molecule has 0 amide bonds. The number of aromatic amines is 1. The summed E-state index contributed by atoms with van der Waals surface area (Å²) in [5.74, 6) is -5.05. The van der Waals surface area contributed by atoms with Gasteiger partial charge >= 0.3 is 6.36 Å². The van der Waals surface area contributed by atoms with Gasteiger partial charge in [0.15, 0.2) is 17.3 Å². The number of hydrogen-bond acceptors (Lipinski definition) is 5. The Morgan fingerprint density at radius 3 is 2.52 bits per heavy atom. The molecule has 2 heterocycles. The lowest BCUT2D eigenvalue weighted by atomic mass is 9.89. The Morgan fingerprint density at radius 2 is 1.90 bits per heavy atom. The molecule has 0 saturated heterocycles. The molecule has 3 N–H and O–H groups in total. The zero-order valence-corrected chi connectivity index (χ0v) is 15.5. The third-order valence-electron chi connectivity index (χ3n) is 4.33. The predicted octanol–water partition coefficient (Wildman–Crippen LogP) is 3.93. The molecule has 1 aromatic carbocycles. The number of pyridine rings is 2. The fourth-order valence-corrected chi connectivity index (χ4v) is 2.91. The van der Waals surface area contributed by atoms with Gasteiger partial charge in [-0.3, -0.25) is 14.6 Å². The highest BCUT2D eigenvalue weighted by Crippen LogP contribution is 2.33. The maximum atomic E-state index is 14.4. The van der Waals surface area contributed by atoms with Crippen LogP contribution in [-0.4, -0.2) is 22.1 Å². The minimum atomic E-state index is -5.11. The van der Waals surface area contributed by atoms with Gasteiger partial charge in [-0.05, 0) is 29.8 Å². The quantitative estimate of drug-likeness (QED) is 0.448. The summed E-state index contributed by atoms with van der Waals surface area (Å²) in [6, 6.07) is 5.84. The van der Waals surface area contributed by atoms with E-state index in [9.17, 15) is 31.5 Å². The van der Waals surface area contributed by atoms with Gasteiger partial charge in [-0.15, -0.1) is 13.2 Å². The lowest BCUT2D eigenvalue weighted by Crippen LogP contribution is -2.18. The summed E-state index contributed by atoms with van der Waals surface area (Å²) >= 11 is 0. The fraction of sp³-hybridized carbons (Fsp3) is 0.150. The van der Waals surface area contributed by atoms with Gasteiger partial charge < -0.3 is 15.5 Å². The maximum Gasteiger partial charge on any atom is 0.573 e. The summed E-state index contributed by atoms with van der Waals surface area (Å²) in [6.07, 6.45) is -3.20. The van der Waals surface area contributed by atoms with Crippen LogP contribution in [-0.2, 0) is 0 Å². The second-order valence-electron chi connectivity index (χ2n) is 6.45. The van der Waals surface area contributed by atoms with Crippen molar-refractivity contribution in [2.45, 2.75) is 18.7 Å². The number of carbonyl (C=O) groups is 1. The molecule has 0 aliphatic heterocycles. The number of nitrogens with two attached hydrogens (primary N) is 1. The van der Waals surface area contributed by atoms with Crippen LogP contribution < -0.4 is 15.9 Å². The molecule has 0 saturated carbocycles. The Morgan fingerprint density at radius 1 is 1.16 bits per heavy atom. The summed E-state index contributed by atoms with van der Waals surface area (Å²) in [5.41, 5.74) is 4.32. The third-order valence-corrected chi connectivity index (χ3v) is 4.33. The van der Waals surface area contributed by atoms with E-state index in [0.717, 1.165) is 30.5 Å². The topological polar surface area (TPSA) is 98.1 Å². The number of nitrogen functional groups attached to an aromatic ring is 1. The molecule has 0 bridgehead atoms. The van der Waals surface area contributed by atoms with E-state index < -0.39 is 47.3 Å². The largest absolute Gasteiger partial charge is 0.573 e. The number of nitrogens with zero attached hydrogens (tertiary/aromatic N) is 1. The lowest BCUT2D eigenvalue weighted by Gasteiger charge is -2.18. The van der Waals surface area contributed by atoms with E-state index in [4.69, 9.17) is 5.73 Å². The first-order valence-corrected chi connectivity index (χ1v) is 8.72. The van der Waals surface area contributed by atoms with Crippen molar-refractivity contribution in [2.24, 2.45) is 0 Å². The molecule has 162 valence electrons. The van der Waals surface area contributed by atoms with E-state index in [2.05, 4.69) is 14.7 Å². The molecule has 31 heavy (non-hydrogen) atoms. The van der Waals surface area contributed by atoms with Crippen LogP contribution in [0.3, 0.4) is 0 Å². The average Bonchev–Trinajstić information content (AvgIpc) is 2.69. The predicted molar refractivity (Wildman–Crippen MR) is 99.5 cm³/mol. The number of hydrogen-bond donors (Lipinski definition) is 2. The van der Waals surface area contributed by atoms with Gasteiger partial charge in [-0.25, -0.2) is 8.78 Å². The van der Waals surface area contributed by atoms with Gasteiger partial charge in [-0.1, -0.05) is 6.07 Å². The fourth-order valence-electron chi connectivity index (χ4n) is 2.91. The molecule has 2 aromatic heterocycles. The van der Waals surface area contributed by atoms with Crippen LogP contribution in [0.15, 0.2) is 53.6 Å². The van der Waals surface area contributed by atoms with Gasteiger partial charge in [-0.2, -0.15) is 0 Å². The molecule has 0 radical (unpaired) electrons. The van der Waals surface area contributed by atoms with E-state index in [1.54, 1.807) is 0 Å². The highest BCUT2D eigenvalue weighted by Gasteiger charge is 2.33. The summed E-state index contributed by atoms with van der Waals surface area (Å²) in [5, 5.41) is 0. The molecular formula is C20H14F5N3O3. The number of anilines is 1. The van der Waals surface area contributed by atoms with E-state index in [1.807, 2.05) is 0 Å². The molecule has 0 aliphatic rings. The number of carbonyl (C=O) groups excluding carboxylic acids is 1. The van der Waals surface area contributed by atoms with Crippen LogP contribution in [0.5, 0.6) is 5.75 Å². The van der Waals surface area contributed by atoms with E-state index >= 15 is 0 Å². The second-order valence-corrected chi connectivity index (χ2v) is 6.45. The maximum absolute atomic E-state index is 14.4. The first kappa shape index (κ1) is 21.9. The first-order valence-electron chi connectivity index (χ1n) is 8.72. The zero-order valence-electron chi connectivity index (χ0n) is 15.5. The number of Topliss-reactive ketones (excluding diaryl/α,β-unsaturated/α-hetero) is 1. The number of benzene rings is 1. The van der Waals surface area contributed by atoms with E-state index in [1.165, 1.54) is 12.3 Å². The SMILES string of the molecule is Nc1c[nH]c(C(=O)C[C@@H](c2ccc(OC(F)(F)F)c(F)c2)c2ncccc2F)cc1=O. The van der Waals surface area contributed by atoms with Crippen molar-refractivity contribution in [2.75, 3.05) is 5.73 Å². The van der Waals surface area contributed by atoms with Crippen molar-refractivity contribution >= 4 is 11.5 Å². The zero-order chi connectivity index (χ0) is 22.8. The number of halogens is 5. The van der Waals surface area contributed by atoms with Crippen molar-refractivity contribution in [1.82, 2.24) is 9.97 Å². The van der Waals surface area contributed by atoms with E-state index in [0.29, 0.717) is 6.07 Å². The molecule has 0 unspecified atom stereocenters. The second kappa shape index (κ2) is 8.54. The highest BCUT2D eigenvalue weighted by molar-refractivity contribution is 5.95. The van der Waals surface area contributed by atoms with Gasteiger partial charge in [0.25, 0.3) is 0 Å². The molecule has 3 rings (SSSR count). The summed E-state index contributed by atoms with van der Waals surface area (Å²) in [6.45, 7) is 0. The third kappa shape index (κ3) is 5.24. The molecule has 6 nitrogen and oxygen atoms in total. The van der Waals surface area contributed by atoms with Crippen molar-refractivity contribution in [3.8, 4) is 5.75 Å². The van der Waals surface area contributed by atoms with Crippen LogP contribution >= 0.6 is 0 Å². The standard InChI is InChI=1S/C20H14F5N3O3/c21-12-2-1-5-27-19(12)11(7-17(30)15-8-16(29)14(26)9-28-15)10-3-4-18(13(22)6-10)31-20(23,24)25/h1-6,8-9,11H,7,26H2,(H,28,29)/t11-/m0/s1. The minimum absolute atomic E-state index is 0.0178. The van der Waals surface area contributed by atoms with Crippen LogP contribution in [0, 0.1) is 11.6 Å². The molecule has 0 aliphatic carbocycles. The smallest absolute Gasteiger partial charge is 0.403 e. The number of H-pyrrole nitrogens is 1. The number of ether oxygens (including phenoxy) is 1. The Kier molecular flexibility index (Phi) is 6.04. The Balaban J connectivity index is 2.00. The number of alkyl halides is 3. The van der Waals surface area contributed by atoms with Crippen molar-refractivity contribution in [3.05, 3.63) is 87.6 Å². The highest BCUT2D eigenvalue weighted by atomic mass is 19.4. The number of ketones is 1. The van der Waals surface area contributed by atoms with Gasteiger partial charge in [0, 0.05) is 30.8 Å². The number of aromatic nitrogens is 2. The normalized spacial score (nSPS) is 12.4. The van der Waals surface area contributed by atoms with E-state index in [-0.39, 0.29) is 22.6 Å². The van der Waals surface area contributed by atoms with Crippen LogP contribution in [0.4, 0.5) is 27.6 Å². The van der Waals surface area contributed by atoms with Crippen LogP contribution in [0.25, 0.3) is 0 Å². The number of rotatable bonds is 6. The Labute approximate surface area is 171 Å². The first-order chi connectivity index (χ1) is 14.5. The minimum Gasteiger partial charge on any atom is -0.403 e. The van der Waals surface area contributed by atoms with Crippen LogP contribution in [0.1, 0.15) is 34.1 Å². The summed E-state index contributed by atoms with van der Waals surface area (Å²) in [4.78, 5) is 30.8. The van der Waals surface area contributed by atoms with Crippen LogP contribution in [0.2, 0.25) is 0 Å². The monoisotopic (exact) mass is 439 g/mol. The molecule has 1 atom stereocenters. The Bertz CT molecular complexity index is 1180. The van der Waals surface area contributed by atoms with Gasteiger partial charge in [0.2, 0.25) is 5.43 Å². The Hall–Kier alpha value is -3.76. The lowest BCUT2D eigenvalue weighted by molar-refractivity contribution is -0.275. The summed E-state index contributed by atoms with van der Waals surface area (Å²) in [7, 11) is 0. The summed E-state index contributed by atoms with van der Waals surface area (Å²) < 4.78 is 69.4. The molecule has 3 aromatic rings. The molecule has 11 heteroatoms. The van der Waals surface area contributed by atoms with Crippen molar-refractivity contribution < 1.29 is 31.5 Å². The molecular weight excluding hydrogens is 425 g/mol. The van der Waals surface area contributed by atoms with Gasteiger partial charge in [0.1, 0.15) is 5.82 Å². The van der Waals surface area contributed by atoms with Crippen molar-refractivity contribution in [3.63, 3.8) is 0 Å². The molecule has 0 spiro atoms. The van der Waals surface area contributed by atoms with Gasteiger partial charge in [0.05, 0.1) is 17.1 Å². The average molecular weight is 439 g/mol. The number of nitrogens with one attached hydrogen (secondary N) is 1.